The van der Waals surface area contributed by atoms with Gasteiger partial charge in [-0.2, -0.15) is 0 Å². The van der Waals surface area contributed by atoms with Crippen molar-refractivity contribution in [3.05, 3.63) is 90.0 Å². The molecule has 0 saturated carbocycles. The van der Waals surface area contributed by atoms with Gasteiger partial charge in [0.25, 0.3) is 10.0 Å². The van der Waals surface area contributed by atoms with Gasteiger partial charge in [-0.15, -0.1) is 0 Å². The number of sulfonamides is 1. The van der Waals surface area contributed by atoms with Crippen LogP contribution in [0.3, 0.4) is 0 Å². The summed E-state index contributed by atoms with van der Waals surface area (Å²) in [7, 11) is -1.97. The molecule has 0 bridgehead atoms. The molecule has 0 fully saturated rings. The van der Waals surface area contributed by atoms with Crippen LogP contribution >= 0.6 is 0 Å². The Bertz CT molecular complexity index is 1180. The minimum atomic E-state index is -3.92. The highest BCUT2D eigenvalue weighted by atomic mass is 32.2. The Balaban J connectivity index is 1.76. The van der Waals surface area contributed by atoms with Crippen LogP contribution in [0.15, 0.2) is 83.8 Å². The second-order valence-corrected chi connectivity index (χ2v) is 10.5. The Morgan fingerprint density at radius 3 is 2.09 bits per heavy atom. The van der Waals surface area contributed by atoms with E-state index in [0.29, 0.717) is 24.7 Å². The minimum absolute atomic E-state index is 0.155. The van der Waals surface area contributed by atoms with Gasteiger partial charge in [-0.1, -0.05) is 61.9 Å². The lowest BCUT2D eigenvalue weighted by Crippen LogP contribution is -2.42. The first kappa shape index (κ1) is 25.3. The Kier molecular flexibility index (Phi) is 8.34. The van der Waals surface area contributed by atoms with Crippen LogP contribution in [0.5, 0.6) is 0 Å². The van der Waals surface area contributed by atoms with Crippen molar-refractivity contribution in [3.63, 3.8) is 0 Å². The van der Waals surface area contributed by atoms with E-state index >= 15 is 0 Å². The van der Waals surface area contributed by atoms with Gasteiger partial charge in [0.05, 0.1) is 10.6 Å². The third-order valence-corrected chi connectivity index (χ3v) is 7.50. The molecule has 0 saturated heterocycles. The first-order valence-electron chi connectivity index (χ1n) is 11.4. The number of benzene rings is 3. The third-order valence-electron chi connectivity index (χ3n) is 5.71. The minimum Gasteiger partial charge on any atom is -0.373 e. The molecule has 3 aromatic carbocycles. The number of rotatable bonds is 10. The maximum absolute atomic E-state index is 13.5. The molecule has 0 spiro atoms. The van der Waals surface area contributed by atoms with E-state index in [-0.39, 0.29) is 17.3 Å². The summed E-state index contributed by atoms with van der Waals surface area (Å²) in [6, 6.07) is 23.9. The summed E-state index contributed by atoms with van der Waals surface area (Å²) in [6.45, 7) is 6.76. The molecule has 0 heterocycles. The highest BCUT2D eigenvalue weighted by molar-refractivity contribution is 7.92. The number of amides is 1. The predicted molar refractivity (Wildman–Crippen MR) is 139 cm³/mol. The van der Waals surface area contributed by atoms with Crippen LogP contribution < -0.4 is 14.5 Å². The first-order valence-corrected chi connectivity index (χ1v) is 12.8. The van der Waals surface area contributed by atoms with E-state index in [2.05, 4.69) is 19.2 Å². The molecule has 0 unspecified atom stereocenters. The van der Waals surface area contributed by atoms with Gasteiger partial charge in [0, 0.05) is 25.8 Å². The lowest BCUT2D eigenvalue weighted by Gasteiger charge is -2.25. The Labute approximate surface area is 203 Å². The van der Waals surface area contributed by atoms with Gasteiger partial charge in [-0.25, -0.2) is 8.42 Å². The Hall–Kier alpha value is -3.32. The van der Waals surface area contributed by atoms with E-state index in [1.165, 1.54) is 4.31 Å². The van der Waals surface area contributed by atoms with Gasteiger partial charge in [-0.3, -0.25) is 9.10 Å². The highest BCUT2D eigenvalue weighted by Gasteiger charge is 2.27. The van der Waals surface area contributed by atoms with Gasteiger partial charge in [-0.05, 0) is 54.8 Å². The molecule has 1 amide bonds. The van der Waals surface area contributed by atoms with Crippen LogP contribution in [0.2, 0.25) is 0 Å². The lowest BCUT2D eigenvalue weighted by atomic mass is 10.0. The predicted octanol–water partition coefficient (Wildman–Crippen LogP) is 4.57. The molecule has 0 aliphatic heterocycles. The number of anilines is 2. The molecule has 3 rings (SSSR count). The van der Waals surface area contributed by atoms with Crippen molar-refractivity contribution in [1.29, 1.82) is 0 Å². The van der Waals surface area contributed by atoms with Crippen LogP contribution in [0.4, 0.5) is 11.4 Å². The van der Waals surface area contributed by atoms with E-state index in [0.717, 1.165) is 16.8 Å². The van der Waals surface area contributed by atoms with E-state index in [1.54, 1.807) is 36.4 Å². The summed E-state index contributed by atoms with van der Waals surface area (Å²) in [5.74, 6) is -0.0359. The molecule has 0 aliphatic carbocycles. The van der Waals surface area contributed by atoms with Crippen molar-refractivity contribution >= 4 is 27.3 Å². The Morgan fingerprint density at radius 2 is 1.50 bits per heavy atom. The smallest absolute Gasteiger partial charge is 0.264 e. The number of nitrogens with zero attached hydrogens (tertiary/aromatic N) is 2. The highest BCUT2D eigenvalue weighted by Crippen LogP contribution is 2.26. The zero-order chi connectivity index (χ0) is 24.7. The van der Waals surface area contributed by atoms with E-state index < -0.39 is 10.0 Å². The number of likely N-dealkylation sites (N-methyl/N-ethyl adjacent to an activating group) is 1. The largest absolute Gasteiger partial charge is 0.373 e. The average molecular weight is 480 g/mol. The summed E-state index contributed by atoms with van der Waals surface area (Å²) in [6.07, 6.45) is 0. The summed E-state index contributed by atoms with van der Waals surface area (Å²) in [5.41, 5.74) is 3.57. The quantitative estimate of drug-likeness (QED) is 0.463. The van der Waals surface area contributed by atoms with Crippen molar-refractivity contribution in [2.24, 2.45) is 0 Å². The molecule has 0 aliphatic rings. The number of carbonyl (C=O) groups is 1. The van der Waals surface area contributed by atoms with E-state index in [9.17, 15) is 13.2 Å². The fourth-order valence-corrected chi connectivity index (χ4v) is 4.96. The zero-order valence-corrected chi connectivity index (χ0v) is 21.0. The van der Waals surface area contributed by atoms with Gasteiger partial charge >= 0.3 is 0 Å². The van der Waals surface area contributed by atoms with Gasteiger partial charge in [0.2, 0.25) is 5.91 Å². The second kappa shape index (κ2) is 11.2. The van der Waals surface area contributed by atoms with Gasteiger partial charge in [0.1, 0.15) is 6.54 Å². The normalized spacial score (nSPS) is 11.3. The molecule has 3 aromatic rings. The molecule has 1 N–H and O–H groups in total. The van der Waals surface area contributed by atoms with Gasteiger partial charge < -0.3 is 10.2 Å². The van der Waals surface area contributed by atoms with Crippen LogP contribution in [0.1, 0.15) is 30.9 Å². The number of aryl methyl sites for hydroxylation is 1. The molecular weight excluding hydrogens is 446 g/mol. The van der Waals surface area contributed by atoms with E-state index in [4.69, 9.17) is 0 Å². The summed E-state index contributed by atoms with van der Waals surface area (Å²) in [4.78, 5) is 15.0. The topological polar surface area (TPSA) is 69.7 Å². The van der Waals surface area contributed by atoms with Crippen molar-refractivity contribution in [2.45, 2.75) is 31.6 Å². The van der Waals surface area contributed by atoms with Crippen molar-refractivity contribution in [2.75, 3.05) is 35.9 Å². The molecule has 6 nitrogen and oxygen atoms in total. The summed E-state index contributed by atoms with van der Waals surface area (Å²) >= 11 is 0. The molecule has 0 aromatic heterocycles. The van der Waals surface area contributed by atoms with Crippen molar-refractivity contribution < 1.29 is 13.2 Å². The first-order chi connectivity index (χ1) is 16.2. The van der Waals surface area contributed by atoms with Crippen LogP contribution in [0.25, 0.3) is 0 Å². The van der Waals surface area contributed by atoms with Crippen molar-refractivity contribution in [1.82, 2.24) is 5.32 Å². The fourth-order valence-electron chi connectivity index (χ4n) is 3.54. The molecule has 34 heavy (non-hydrogen) atoms. The monoisotopic (exact) mass is 479 g/mol. The van der Waals surface area contributed by atoms with Gasteiger partial charge in [0.15, 0.2) is 0 Å². The third kappa shape index (κ3) is 6.38. The van der Waals surface area contributed by atoms with E-state index in [1.807, 2.05) is 61.3 Å². The zero-order valence-electron chi connectivity index (χ0n) is 20.2. The lowest BCUT2D eigenvalue weighted by molar-refractivity contribution is -0.119. The van der Waals surface area contributed by atoms with Crippen LogP contribution in [-0.4, -0.2) is 41.0 Å². The molecule has 0 atom stereocenters. The maximum atomic E-state index is 13.5. The number of nitrogens with one attached hydrogen (secondary N) is 1. The molecule has 180 valence electrons. The van der Waals surface area contributed by atoms with Crippen molar-refractivity contribution in [3.8, 4) is 0 Å². The maximum Gasteiger partial charge on any atom is 0.264 e. The molecule has 7 heteroatoms. The number of carbonyl (C=O) groups excluding carboxylic acids is 1. The number of para-hydroxylation sites is 1. The SMILES string of the molecule is Cc1ccc(S(=O)(=O)N(CC(=O)NCCN(C)c2ccccc2)c2ccc(C(C)C)cc2)cc1. The Morgan fingerprint density at radius 1 is 0.882 bits per heavy atom. The summed E-state index contributed by atoms with van der Waals surface area (Å²) < 4.78 is 28.2. The molecule has 0 radical (unpaired) electrons. The standard InChI is InChI=1S/C27H33N3O3S/c1-21(2)23-12-14-25(15-13-23)30(34(32,33)26-16-10-22(3)11-17-26)20-27(31)28-18-19-29(4)24-8-6-5-7-9-24/h5-17,21H,18-20H2,1-4H3,(H,28,31). The average Bonchev–Trinajstić information content (AvgIpc) is 2.83. The second-order valence-electron chi connectivity index (χ2n) is 8.68. The van der Waals surface area contributed by atoms with Crippen LogP contribution in [-0.2, 0) is 14.8 Å². The number of hydrogen-bond donors (Lipinski definition) is 1. The summed E-state index contributed by atoms with van der Waals surface area (Å²) in [5, 5.41) is 2.86. The van der Waals surface area contributed by atoms with Crippen LogP contribution in [0, 0.1) is 6.92 Å². The fraction of sp³-hybridized carbons (Fsp3) is 0.296. The number of hydrogen-bond acceptors (Lipinski definition) is 4. The molecular formula is C27H33N3O3S.